The van der Waals surface area contributed by atoms with Gasteiger partial charge in [-0.25, -0.2) is 4.98 Å². The highest BCUT2D eigenvalue weighted by Gasteiger charge is 1.98. The number of fused-ring (bicyclic) bond motifs is 1. The fraction of sp³-hybridized carbons (Fsp3) is 0.182. The van der Waals surface area contributed by atoms with Crippen molar-refractivity contribution >= 4 is 28.4 Å². The number of pyridine rings is 1. The number of benzene rings is 1. The molecule has 0 radical (unpaired) electrons. The molecular formula is C11H12N2S. The van der Waals surface area contributed by atoms with E-state index in [9.17, 15) is 0 Å². The molecule has 1 heterocycles. The van der Waals surface area contributed by atoms with Gasteiger partial charge >= 0.3 is 0 Å². The van der Waals surface area contributed by atoms with E-state index < -0.39 is 0 Å². The van der Waals surface area contributed by atoms with E-state index in [0.29, 0.717) is 0 Å². The molecule has 72 valence electrons. The summed E-state index contributed by atoms with van der Waals surface area (Å²) in [6.07, 6.45) is 0. The number of hydrogen-bond acceptors (Lipinski definition) is 3. The number of nitrogens with two attached hydrogens (primary N) is 1. The highest BCUT2D eigenvalue weighted by Crippen LogP contribution is 2.21. The fourth-order valence-electron chi connectivity index (χ4n) is 1.35. The number of rotatable bonds is 2. The zero-order chi connectivity index (χ0) is 9.97. The van der Waals surface area contributed by atoms with Crippen LogP contribution in [0.15, 0.2) is 35.4 Å². The van der Waals surface area contributed by atoms with E-state index in [-0.39, 0.29) is 0 Å². The van der Waals surface area contributed by atoms with Gasteiger partial charge in [-0.1, -0.05) is 13.0 Å². The highest BCUT2D eigenvalue weighted by molar-refractivity contribution is 7.99. The molecule has 0 unspecified atom stereocenters. The second-order valence-corrected chi connectivity index (χ2v) is 4.32. The minimum atomic E-state index is 0.787. The zero-order valence-corrected chi connectivity index (χ0v) is 8.84. The Balaban J connectivity index is 2.50. The quantitative estimate of drug-likeness (QED) is 0.604. The second-order valence-electron chi connectivity index (χ2n) is 3.03. The van der Waals surface area contributed by atoms with Crippen LogP contribution >= 0.6 is 11.8 Å². The summed E-state index contributed by atoms with van der Waals surface area (Å²) in [5.41, 5.74) is 7.49. The monoisotopic (exact) mass is 204 g/mol. The van der Waals surface area contributed by atoms with Crippen LogP contribution in [0.5, 0.6) is 0 Å². The van der Waals surface area contributed by atoms with Gasteiger partial charge in [0, 0.05) is 11.1 Å². The normalized spacial score (nSPS) is 10.6. The van der Waals surface area contributed by atoms with Crippen molar-refractivity contribution in [1.29, 1.82) is 0 Å². The van der Waals surface area contributed by atoms with Gasteiger partial charge in [0.15, 0.2) is 0 Å². The molecule has 0 aliphatic carbocycles. The van der Waals surface area contributed by atoms with Crippen LogP contribution in [0.2, 0.25) is 0 Å². The van der Waals surface area contributed by atoms with Crippen molar-refractivity contribution in [3.63, 3.8) is 0 Å². The van der Waals surface area contributed by atoms with Crippen LogP contribution in [-0.4, -0.2) is 10.7 Å². The van der Waals surface area contributed by atoms with E-state index in [4.69, 9.17) is 5.73 Å². The van der Waals surface area contributed by atoms with Gasteiger partial charge in [0.05, 0.1) is 10.5 Å². The molecule has 0 aliphatic rings. The maximum atomic E-state index is 5.69. The number of thioether (sulfide) groups is 1. The molecule has 0 aliphatic heterocycles. The van der Waals surface area contributed by atoms with E-state index in [1.54, 1.807) is 11.8 Å². The largest absolute Gasteiger partial charge is 0.399 e. The van der Waals surface area contributed by atoms with Crippen molar-refractivity contribution in [2.75, 3.05) is 11.5 Å². The summed E-state index contributed by atoms with van der Waals surface area (Å²) in [5.74, 6) is 1.05. The third-order valence-corrected chi connectivity index (χ3v) is 2.79. The van der Waals surface area contributed by atoms with Gasteiger partial charge < -0.3 is 5.73 Å². The summed E-state index contributed by atoms with van der Waals surface area (Å²) in [4.78, 5) is 4.51. The summed E-state index contributed by atoms with van der Waals surface area (Å²) >= 11 is 1.75. The first-order chi connectivity index (χ1) is 6.79. The van der Waals surface area contributed by atoms with Gasteiger partial charge in [-0.15, -0.1) is 11.8 Å². The molecule has 0 amide bonds. The number of anilines is 1. The smallest absolute Gasteiger partial charge is 0.0967 e. The van der Waals surface area contributed by atoms with Crippen molar-refractivity contribution in [3.8, 4) is 0 Å². The topological polar surface area (TPSA) is 38.9 Å². The van der Waals surface area contributed by atoms with Crippen molar-refractivity contribution in [2.45, 2.75) is 11.9 Å². The first-order valence-electron chi connectivity index (χ1n) is 4.58. The Kier molecular flexibility index (Phi) is 2.59. The number of hydrogen-bond donors (Lipinski definition) is 1. The third-order valence-electron chi connectivity index (χ3n) is 1.98. The first kappa shape index (κ1) is 9.34. The van der Waals surface area contributed by atoms with Crippen LogP contribution in [0.4, 0.5) is 5.69 Å². The lowest BCUT2D eigenvalue weighted by Crippen LogP contribution is -1.86. The lowest BCUT2D eigenvalue weighted by molar-refractivity contribution is 1.19. The van der Waals surface area contributed by atoms with Crippen LogP contribution in [-0.2, 0) is 0 Å². The van der Waals surface area contributed by atoms with Gasteiger partial charge in [0.25, 0.3) is 0 Å². The van der Waals surface area contributed by atoms with Crippen molar-refractivity contribution in [2.24, 2.45) is 0 Å². The zero-order valence-electron chi connectivity index (χ0n) is 8.03. The number of nitrogens with zero attached hydrogens (tertiary/aromatic N) is 1. The SMILES string of the molecule is CCSc1ccc2cc(N)ccc2n1. The van der Waals surface area contributed by atoms with Crippen LogP contribution in [0, 0.1) is 0 Å². The average molecular weight is 204 g/mol. The Labute approximate surface area is 87.5 Å². The Morgan fingerprint density at radius 3 is 2.93 bits per heavy atom. The molecule has 1 aromatic carbocycles. The van der Waals surface area contributed by atoms with Crippen LogP contribution < -0.4 is 5.73 Å². The minimum Gasteiger partial charge on any atom is -0.399 e. The maximum absolute atomic E-state index is 5.69. The average Bonchev–Trinajstić information content (AvgIpc) is 2.19. The number of nitrogen functional groups attached to an aromatic ring is 1. The summed E-state index contributed by atoms with van der Waals surface area (Å²) in [6.45, 7) is 2.12. The summed E-state index contributed by atoms with van der Waals surface area (Å²) in [5, 5.41) is 2.18. The fourth-order valence-corrected chi connectivity index (χ4v) is 1.98. The molecule has 0 bridgehead atoms. The van der Waals surface area contributed by atoms with E-state index in [1.807, 2.05) is 24.3 Å². The Hall–Kier alpha value is -1.22. The van der Waals surface area contributed by atoms with Gasteiger partial charge in [0.2, 0.25) is 0 Å². The Morgan fingerprint density at radius 1 is 1.29 bits per heavy atom. The van der Waals surface area contributed by atoms with E-state index >= 15 is 0 Å². The molecule has 14 heavy (non-hydrogen) atoms. The molecule has 0 atom stereocenters. The number of aromatic nitrogens is 1. The van der Waals surface area contributed by atoms with Gasteiger partial charge in [-0.2, -0.15) is 0 Å². The minimum absolute atomic E-state index is 0.787. The Bertz CT molecular complexity index is 454. The molecule has 0 fully saturated rings. The summed E-state index contributed by atoms with van der Waals surface area (Å²) < 4.78 is 0. The van der Waals surface area contributed by atoms with Crippen LogP contribution in [0.25, 0.3) is 10.9 Å². The summed E-state index contributed by atoms with van der Waals surface area (Å²) in [7, 11) is 0. The molecule has 2 nitrogen and oxygen atoms in total. The van der Waals surface area contributed by atoms with Gasteiger partial charge in [0.1, 0.15) is 0 Å². The molecule has 3 heteroatoms. The highest BCUT2D eigenvalue weighted by atomic mass is 32.2. The van der Waals surface area contributed by atoms with E-state index in [1.165, 1.54) is 0 Å². The maximum Gasteiger partial charge on any atom is 0.0967 e. The molecule has 2 aromatic rings. The van der Waals surface area contributed by atoms with Crippen molar-refractivity contribution < 1.29 is 0 Å². The molecule has 2 rings (SSSR count). The molecular weight excluding hydrogens is 192 g/mol. The molecule has 1 aromatic heterocycles. The standard InChI is InChI=1S/C11H12N2S/c1-2-14-11-6-3-8-7-9(12)4-5-10(8)13-11/h3-7H,2,12H2,1H3. The second kappa shape index (κ2) is 3.88. The summed E-state index contributed by atoms with van der Waals surface area (Å²) in [6, 6.07) is 9.90. The molecule has 0 spiro atoms. The first-order valence-corrected chi connectivity index (χ1v) is 5.57. The van der Waals surface area contributed by atoms with Crippen molar-refractivity contribution in [3.05, 3.63) is 30.3 Å². The third kappa shape index (κ3) is 1.82. The Morgan fingerprint density at radius 2 is 2.14 bits per heavy atom. The molecule has 0 saturated heterocycles. The van der Waals surface area contributed by atoms with Crippen LogP contribution in [0.1, 0.15) is 6.92 Å². The van der Waals surface area contributed by atoms with E-state index in [0.717, 1.165) is 27.4 Å². The predicted molar refractivity (Wildman–Crippen MR) is 62.6 cm³/mol. The van der Waals surface area contributed by atoms with Crippen molar-refractivity contribution in [1.82, 2.24) is 4.98 Å². The van der Waals surface area contributed by atoms with E-state index in [2.05, 4.69) is 18.0 Å². The van der Waals surface area contributed by atoms with Gasteiger partial charge in [-0.3, -0.25) is 0 Å². The predicted octanol–water partition coefficient (Wildman–Crippen LogP) is 2.93. The van der Waals surface area contributed by atoms with Crippen LogP contribution in [0.3, 0.4) is 0 Å². The lowest BCUT2D eigenvalue weighted by atomic mass is 10.2. The van der Waals surface area contributed by atoms with Gasteiger partial charge in [-0.05, 0) is 30.0 Å². The molecule has 2 N–H and O–H groups in total. The molecule has 0 saturated carbocycles. The lowest BCUT2D eigenvalue weighted by Gasteiger charge is -2.01.